The van der Waals surface area contributed by atoms with Gasteiger partial charge in [0.05, 0.1) is 5.69 Å². The van der Waals surface area contributed by atoms with Gasteiger partial charge in [0, 0.05) is 19.2 Å². The molecule has 1 saturated carbocycles. The number of aryl methyl sites for hydroxylation is 2. The summed E-state index contributed by atoms with van der Waals surface area (Å²) in [6, 6.07) is 0. The molecule has 3 heteroatoms. The number of aromatic nitrogens is 2. The molecule has 1 aliphatic rings. The third-order valence-electron chi connectivity index (χ3n) is 3.65. The highest BCUT2D eigenvalue weighted by Gasteiger charge is 2.58. The second kappa shape index (κ2) is 2.83. The summed E-state index contributed by atoms with van der Waals surface area (Å²) in [6.45, 7) is 7.46. The van der Waals surface area contributed by atoms with Gasteiger partial charge in [0.2, 0.25) is 0 Å². The maximum Gasteiger partial charge on any atom is 0.0693 e. The van der Waals surface area contributed by atoms with E-state index in [4.69, 9.17) is 5.73 Å². The molecule has 1 aromatic rings. The third kappa shape index (κ3) is 1.19. The van der Waals surface area contributed by atoms with Gasteiger partial charge >= 0.3 is 0 Å². The largest absolute Gasteiger partial charge is 0.330 e. The molecule has 1 heterocycles. The molecule has 1 aromatic heterocycles. The maximum atomic E-state index is 5.76. The first-order chi connectivity index (χ1) is 6.48. The molecule has 3 nitrogen and oxygen atoms in total. The van der Waals surface area contributed by atoms with Crippen LogP contribution in [-0.4, -0.2) is 16.3 Å². The molecule has 0 bridgehead atoms. The summed E-state index contributed by atoms with van der Waals surface area (Å²) in [4.78, 5) is 0. The van der Waals surface area contributed by atoms with Crippen LogP contribution in [0.4, 0.5) is 0 Å². The van der Waals surface area contributed by atoms with Crippen molar-refractivity contribution in [1.29, 1.82) is 0 Å². The fourth-order valence-electron chi connectivity index (χ4n) is 2.66. The van der Waals surface area contributed by atoms with E-state index < -0.39 is 0 Å². The smallest absolute Gasteiger partial charge is 0.0693 e. The van der Waals surface area contributed by atoms with Crippen molar-refractivity contribution in [2.24, 2.45) is 24.1 Å². The summed E-state index contributed by atoms with van der Waals surface area (Å²) in [5.74, 6) is 1.17. The average molecular weight is 193 g/mol. The Kier molecular flexibility index (Phi) is 1.96. The number of hydrogen-bond acceptors (Lipinski definition) is 2. The van der Waals surface area contributed by atoms with Crippen LogP contribution in [0.15, 0.2) is 6.20 Å². The Morgan fingerprint density at radius 3 is 2.57 bits per heavy atom. The van der Waals surface area contributed by atoms with Crippen LogP contribution in [0.5, 0.6) is 0 Å². The molecule has 2 unspecified atom stereocenters. The van der Waals surface area contributed by atoms with Gasteiger partial charge in [0.1, 0.15) is 0 Å². The van der Waals surface area contributed by atoms with Crippen molar-refractivity contribution in [3.63, 3.8) is 0 Å². The quantitative estimate of drug-likeness (QED) is 0.772. The van der Waals surface area contributed by atoms with Crippen LogP contribution in [0, 0.1) is 18.3 Å². The minimum atomic E-state index is 0.341. The van der Waals surface area contributed by atoms with Crippen molar-refractivity contribution in [1.82, 2.24) is 9.78 Å². The van der Waals surface area contributed by atoms with Crippen molar-refractivity contribution < 1.29 is 0 Å². The minimum Gasteiger partial charge on any atom is -0.330 e. The molecule has 0 aliphatic heterocycles. The summed E-state index contributed by atoms with van der Waals surface area (Å²) in [7, 11) is 1.98. The predicted molar refractivity (Wildman–Crippen MR) is 57.0 cm³/mol. The lowest BCUT2D eigenvalue weighted by Gasteiger charge is -1.99. The monoisotopic (exact) mass is 193 g/mol. The molecule has 1 fully saturated rings. The van der Waals surface area contributed by atoms with E-state index >= 15 is 0 Å². The van der Waals surface area contributed by atoms with E-state index in [2.05, 4.69) is 32.1 Å². The second-order valence-electron chi connectivity index (χ2n) is 5.01. The standard InChI is InChI=1S/C11H19N3/c1-7-6-14(4)13-10(7)9-8(5-12)11(9,2)3/h6,8-9H,5,12H2,1-4H3. The van der Waals surface area contributed by atoms with Crippen molar-refractivity contribution >= 4 is 0 Å². The lowest BCUT2D eigenvalue weighted by atomic mass is 10.1. The summed E-state index contributed by atoms with van der Waals surface area (Å²) in [5.41, 5.74) is 8.64. The van der Waals surface area contributed by atoms with E-state index in [9.17, 15) is 0 Å². The van der Waals surface area contributed by atoms with Gasteiger partial charge in [-0.2, -0.15) is 5.10 Å². The number of hydrogen-bond donors (Lipinski definition) is 1. The van der Waals surface area contributed by atoms with Gasteiger partial charge < -0.3 is 5.73 Å². The SMILES string of the molecule is Cc1cn(C)nc1C1C(CN)C1(C)C. The topological polar surface area (TPSA) is 43.8 Å². The molecule has 1 aliphatic carbocycles. The molecule has 0 saturated heterocycles. The molecular weight excluding hydrogens is 174 g/mol. The Balaban J connectivity index is 2.30. The molecular formula is C11H19N3. The molecule has 78 valence electrons. The molecule has 2 N–H and O–H groups in total. The Morgan fingerprint density at radius 2 is 2.21 bits per heavy atom. The Bertz CT molecular complexity index is 351. The zero-order valence-electron chi connectivity index (χ0n) is 9.41. The molecule has 2 atom stereocenters. The zero-order chi connectivity index (χ0) is 10.5. The van der Waals surface area contributed by atoms with Crippen LogP contribution in [-0.2, 0) is 7.05 Å². The first kappa shape index (κ1) is 9.71. The van der Waals surface area contributed by atoms with Gasteiger partial charge in [-0.25, -0.2) is 0 Å². The normalized spacial score (nSPS) is 29.2. The first-order valence-electron chi connectivity index (χ1n) is 5.18. The van der Waals surface area contributed by atoms with Gasteiger partial charge in [-0.05, 0) is 30.4 Å². The Labute approximate surface area is 85.3 Å². The summed E-state index contributed by atoms with van der Waals surface area (Å²) < 4.78 is 1.90. The summed E-state index contributed by atoms with van der Waals surface area (Å²) in [5, 5.41) is 4.53. The summed E-state index contributed by atoms with van der Waals surface area (Å²) >= 11 is 0. The van der Waals surface area contributed by atoms with Crippen LogP contribution >= 0.6 is 0 Å². The van der Waals surface area contributed by atoms with Crippen LogP contribution in [0.2, 0.25) is 0 Å². The molecule has 0 amide bonds. The fourth-order valence-corrected chi connectivity index (χ4v) is 2.66. The van der Waals surface area contributed by atoms with E-state index in [-0.39, 0.29) is 0 Å². The average Bonchev–Trinajstić information content (AvgIpc) is 2.46. The Hall–Kier alpha value is -0.830. The Morgan fingerprint density at radius 1 is 1.57 bits per heavy atom. The van der Waals surface area contributed by atoms with E-state index in [0.717, 1.165) is 6.54 Å². The molecule has 2 rings (SSSR count). The van der Waals surface area contributed by atoms with Crippen molar-refractivity contribution in [3.8, 4) is 0 Å². The minimum absolute atomic E-state index is 0.341. The maximum absolute atomic E-state index is 5.76. The van der Waals surface area contributed by atoms with Gasteiger partial charge in [-0.1, -0.05) is 13.8 Å². The van der Waals surface area contributed by atoms with Crippen LogP contribution in [0.1, 0.15) is 31.0 Å². The van der Waals surface area contributed by atoms with Crippen molar-refractivity contribution in [2.75, 3.05) is 6.54 Å². The van der Waals surface area contributed by atoms with Crippen LogP contribution in [0.25, 0.3) is 0 Å². The number of nitrogens with zero attached hydrogens (tertiary/aromatic N) is 2. The highest BCUT2D eigenvalue weighted by Crippen LogP contribution is 2.63. The molecule has 0 spiro atoms. The van der Waals surface area contributed by atoms with E-state index in [1.165, 1.54) is 11.3 Å². The molecule has 0 radical (unpaired) electrons. The van der Waals surface area contributed by atoms with Crippen LogP contribution in [0.3, 0.4) is 0 Å². The van der Waals surface area contributed by atoms with Gasteiger partial charge in [0.25, 0.3) is 0 Å². The highest BCUT2D eigenvalue weighted by atomic mass is 15.3. The lowest BCUT2D eigenvalue weighted by molar-refractivity contribution is 0.556. The summed E-state index contributed by atoms with van der Waals surface area (Å²) in [6.07, 6.45) is 2.08. The predicted octanol–water partition coefficient (Wildman–Crippen LogP) is 1.43. The first-order valence-corrected chi connectivity index (χ1v) is 5.18. The van der Waals surface area contributed by atoms with Crippen molar-refractivity contribution in [3.05, 3.63) is 17.5 Å². The third-order valence-corrected chi connectivity index (χ3v) is 3.65. The van der Waals surface area contributed by atoms with E-state index in [0.29, 0.717) is 17.3 Å². The molecule has 14 heavy (non-hydrogen) atoms. The second-order valence-corrected chi connectivity index (χ2v) is 5.01. The van der Waals surface area contributed by atoms with E-state index in [1.54, 1.807) is 0 Å². The molecule has 0 aromatic carbocycles. The lowest BCUT2D eigenvalue weighted by Crippen LogP contribution is -2.05. The van der Waals surface area contributed by atoms with Gasteiger partial charge in [0.15, 0.2) is 0 Å². The fraction of sp³-hybridized carbons (Fsp3) is 0.727. The van der Waals surface area contributed by atoms with Crippen LogP contribution < -0.4 is 5.73 Å². The number of rotatable bonds is 2. The van der Waals surface area contributed by atoms with Gasteiger partial charge in [-0.3, -0.25) is 4.68 Å². The van der Waals surface area contributed by atoms with Crippen molar-refractivity contribution in [2.45, 2.75) is 26.7 Å². The van der Waals surface area contributed by atoms with E-state index in [1.807, 2.05) is 11.7 Å². The number of nitrogens with two attached hydrogens (primary N) is 1. The highest BCUT2D eigenvalue weighted by molar-refractivity contribution is 5.31. The van der Waals surface area contributed by atoms with Gasteiger partial charge in [-0.15, -0.1) is 0 Å². The zero-order valence-corrected chi connectivity index (χ0v) is 9.41.